The molecule has 1 aromatic heterocycles. The lowest BCUT2D eigenvalue weighted by molar-refractivity contribution is -0.128. The van der Waals surface area contributed by atoms with Crippen LogP contribution in [0.25, 0.3) is 11.3 Å². The lowest BCUT2D eigenvalue weighted by Crippen LogP contribution is -2.57. The number of nitrogens with zero attached hydrogens (tertiary/aromatic N) is 5. The van der Waals surface area contributed by atoms with Crippen molar-refractivity contribution in [2.45, 2.75) is 44.3 Å². The molecular formula is C29H33ClF3N5O3. The molecule has 0 aliphatic carbocycles. The fourth-order valence-electron chi connectivity index (χ4n) is 6.05. The number of halogens is 4. The van der Waals surface area contributed by atoms with Crippen LogP contribution in [-0.2, 0) is 4.79 Å². The highest BCUT2D eigenvalue weighted by Gasteiger charge is 2.46. The van der Waals surface area contributed by atoms with Crippen LogP contribution in [0, 0.1) is 5.82 Å². The van der Waals surface area contributed by atoms with Crippen molar-refractivity contribution >= 4 is 29.2 Å². The quantitative estimate of drug-likeness (QED) is 0.466. The van der Waals surface area contributed by atoms with E-state index in [1.807, 2.05) is 18.7 Å². The van der Waals surface area contributed by atoms with Crippen molar-refractivity contribution in [2.75, 3.05) is 51.3 Å². The van der Waals surface area contributed by atoms with Crippen LogP contribution < -0.4 is 9.64 Å². The third-order valence-corrected chi connectivity index (χ3v) is 8.58. The van der Waals surface area contributed by atoms with Gasteiger partial charge in [-0.1, -0.05) is 30.3 Å². The van der Waals surface area contributed by atoms with Crippen LogP contribution in [0.1, 0.15) is 30.6 Å². The number of hydrogen-bond acceptors (Lipinski definition) is 6. The highest BCUT2D eigenvalue weighted by molar-refractivity contribution is 6.35. The molecule has 12 heteroatoms. The number of likely N-dealkylation sites (N-methyl/N-ethyl adjacent to an activating group) is 1. The molecule has 2 atom stereocenters. The maximum Gasteiger partial charge on any atom is 0.261 e. The first kappa shape index (κ1) is 29.2. The summed E-state index contributed by atoms with van der Waals surface area (Å²) in [5.41, 5.74) is -0.185. The van der Waals surface area contributed by atoms with Crippen LogP contribution in [0.4, 0.5) is 19.0 Å². The maximum absolute atomic E-state index is 15.0. The summed E-state index contributed by atoms with van der Waals surface area (Å²) in [6.07, 6.45) is -0.724. The van der Waals surface area contributed by atoms with Crippen LogP contribution in [0.2, 0.25) is 5.02 Å². The molecule has 2 fully saturated rings. The highest BCUT2D eigenvalue weighted by atomic mass is 35.5. The van der Waals surface area contributed by atoms with Crippen molar-refractivity contribution in [3.05, 3.63) is 53.3 Å². The number of amides is 2. The predicted molar refractivity (Wildman–Crippen MR) is 150 cm³/mol. The zero-order chi connectivity index (χ0) is 29.6. The van der Waals surface area contributed by atoms with Crippen molar-refractivity contribution in [2.24, 2.45) is 0 Å². The van der Waals surface area contributed by atoms with E-state index in [0.29, 0.717) is 19.5 Å². The Morgan fingerprint density at radius 1 is 1.29 bits per heavy atom. The minimum absolute atomic E-state index is 0.00411. The zero-order valence-electron chi connectivity index (χ0n) is 23.2. The molecule has 1 aromatic carbocycles. The summed E-state index contributed by atoms with van der Waals surface area (Å²) in [5.74, 6) is -0.789. The Morgan fingerprint density at radius 2 is 2.02 bits per heavy atom. The number of rotatable bonds is 6. The number of ether oxygens (including phenoxy) is 1. The molecule has 2 amide bonds. The van der Waals surface area contributed by atoms with Gasteiger partial charge in [0, 0.05) is 43.3 Å². The number of hydrogen-bond donors (Lipinski definition) is 0. The minimum atomic E-state index is -2.49. The highest BCUT2D eigenvalue weighted by Crippen LogP contribution is 2.47. The number of benzene rings is 1. The number of carbonyl (C=O) groups is 2. The van der Waals surface area contributed by atoms with Crippen molar-refractivity contribution in [3.63, 3.8) is 0 Å². The molecule has 8 nitrogen and oxygen atoms in total. The van der Waals surface area contributed by atoms with Crippen LogP contribution in [0.5, 0.6) is 5.75 Å². The summed E-state index contributed by atoms with van der Waals surface area (Å²) in [6, 6.07) is 5.36. The van der Waals surface area contributed by atoms with E-state index in [9.17, 15) is 18.4 Å². The fourth-order valence-corrected chi connectivity index (χ4v) is 6.34. The summed E-state index contributed by atoms with van der Waals surface area (Å²) in [6.45, 7) is 8.29. The van der Waals surface area contributed by atoms with Crippen molar-refractivity contribution < 1.29 is 27.5 Å². The standard InChI is InChI=1S/C29H33ClF3N5O3/c1-5-22(39)36-10-11-37-18(13-36)16-41-26-23(28(37)40)27(34-25(24(26)30)19-8-6-7-9-20(19)31)38-14-17(12-29(38,2)3)35(4)15-21(32)33/h5-9,17-18,21H,1,10-16H2,2-4H3/t17?,18-/m1/s1. The molecule has 220 valence electrons. The van der Waals surface area contributed by atoms with Gasteiger partial charge in [-0.05, 0) is 45.5 Å². The number of fused-ring (bicyclic) bond motifs is 2. The second-order valence-electron chi connectivity index (χ2n) is 11.3. The van der Waals surface area contributed by atoms with E-state index < -0.39 is 30.4 Å². The maximum atomic E-state index is 15.0. The van der Waals surface area contributed by atoms with Gasteiger partial charge in [-0.3, -0.25) is 14.5 Å². The topological polar surface area (TPSA) is 69.2 Å². The normalized spacial score (nSPS) is 22.0. The van der Waals surface area contributed by atoms with Crippen molar-refractivity contribution in [3.8, 4) is 17.0 Å². The summed E-state index contributed by atoms with van der Waals surface area (Å²) < 4.78 is 47.7. The first-order valence-electron chi connectivity index (χ1n) is 13.5. The van der Waals surface area contributed by atoms with E-state index in [-0.39, 0.29) is 71.0 Å². The molecule has 0 radical (unpaired) electrons. The third-order valence-electron chi connectivity index (χ3n) is 8.23. The summed E-state index contributed by atoms with van der Waals surface area (Å²) >= 11 is 6.84. The number of piperazine rings is 1. The molecule has 0 spiro atoms. The summed E-state index contributed by atoms with van der Waals surface area (Å²) in [7, 11) is 1.65. The van der Waals surface area contributed by atoms with E-state index >= 15 is 4.39 Å². The van der Waals surface area contributed by atoms with Gasteiger partial charge < -0.3 is 19.4 Å². The monoisotopic (exact) mass is 591 g/mol. The Kier molecular flexibility index (Phi) is 7.95. The molecule has 2 saturated heterocycles. The smallest absolute Gasteiger partial charge is 0.261 e. The van der Waals surface area contributed by atoms with Crippen LogP contribution >= 0.6 is 11.6 Å². The van der Waals surface area contributed by atoms with E-state index in [0.717, 1.165) is 0 Å². The van der Waals surface area contributed by atoms with E-state index in [4.69, 9.17) is 21.3 Å². The van der Waals surface area contributed by atoms with Gasteiger partial charge in [0.15, 0.2) is 5.75 Å². The molecular weight excluding hydrogens is 559 g/mol. The number of aromatic nitrogens is 1. The van der Waals surface area contributed by atoms with Crippen LogP contribution in [0.15, 0.2) is 36.9 Å². The lowest BCUT2D eigenvalue weighted by atomic mass is 9.98. The van der Waals surface area contributed by atoms with Gasteiger partial charge in [-0.25, -0.2) is 18.2 Å². The SMILES string of the molecule is C=CC(=O)N1CCN2C(=O)c3c(N4CC(N(C)CC(F)F)CC4(C)C)nc(-c4ccccc4F)c(Cl)c3OC[C@H]2C1. The average molecular weight is 592 g/mol. The summed E-state index contributed by atoms with van der Waals surface area (Å²) in [4.78, 5) is 38.2. The van der Waals surface area contributed by atoms with Gasteiger partial charge in [0.1, 0.15) is 28.8 Å². The number of carbonyl (C=O) groups excluding carboxylic acids is 2. The molecule has 3 aliphatic heterocycles. The number of anilines is 1. The van der Waals surface area contributed by atoms with E-state index in [1.54, 1.807) is 39.9 Å². The van der Waals surface area contributed by atoms with Crippen molar-refractivity contribution in [1.29, 1.82) is 0 Å². The average Bonchev–Trinajstić information content (AvgIpc) is 3.17. The Hall–Kier alpha value is -3.31. The first-order chi connectivity index (χ1) is 19.4. The zero-order valence-corrected chi connectivity index (χ0v) is 24.0. The van der Waals surface area contributed by atoms with Gasteiger partial charge >= 0.3 is 0 Å². The second-order valence-corrected chi connectivity index (χ2v) is 11.7. The molecule has 3 aliphatic rings. The Labute approximate surface area is 242 Å². The third kappa shape index (κ3) is 5.37. The Morgan fingerprint density at radius 3 is 2.71 bits per heavy atom. The first-order valence-corrected chi connectivity index (χ1v) is 13.9. The molecule has 2 aromatic rings. The molecule has 4 heterocycles. The van der Waals surface area contributed by atoms with Crippen molar-refractivity contribution in [1.82, 2.24) is 19.7 Å². The second kappa shape index (κ2) is 11.2. The van der Waals surface area contributed by atoms with Crippen LogP contribution in [0.3, 0.4) is 0 Å². The van der Waals surface area contributed by atoms with Gasteiger partial charge in [0.25, 0.3) is 12.3 Å². The number of pyridine rings is 1. The van der Waals surface area contributed by atoms with Crippen LogP contribution in [-0.4, -0.2) is 102 Å². The molecule has 1 unspecified atom stereocenters. The lowest BCUT2D eigenvalue weighted by Gasteiger charge is -2.40. The predicted octanol–water partition coefficient (Wildman–Crippen LogP) is 4.33. The van der Waals surface area contributed by atoms with E-state index in [1.165, 1.54) is 12.1 Å². The molecule has 0 N–H and O–H groups in total. The Bertz CT molecular complexity index is 1370. The number of alkyl halides is 2. The minimum Gasteiger partial charge on any atom is -0.489 e. The molecule has 0 bridgehead atoms. The van der Waals surface area contributed by atoms with Gasteiger partial charge in [-0.15, -0.1) is 0 Å². The van der Waals surface area contributed by atoms with E-state index in [2.05, 4.69) is 6.58 Å². The van der Waals surface area contributed by atoms with Gasteiger partial charge in [0.2, 0.25) is 5.91 Å². The molecule has 0 saturated carbocycles. The molecule has 41 heavy (non-hydrogen) atoms. The largest absolute Gasteiger partial charge is 0.489 e. The summed E-state index contributed by atoms with van der Waals surface area (Å²) in [5, 5.41) is 0.00411. The Balaban J connectivity index is 1.64. The van der Waals surface area contributed by atoms with Gasteiger partial charge in [0.05, 0.1) is 18.3 Å². The fraction of sp³-hybridized carbons (Fsp3) is 0.483. The molecule has 5 rings (SSSR count). The van der Waals surface area contributed by atoms with Gasteiger partial charge in [-0.2, -0.15) is 0 Å².